The molecule has 0 fully saturated rings. The quantitative estimate of drug-likeness (QED) is 0.786. The van der Waals surface area contributed by atoms with Gasteiger partial charge in [0.1, 0.15) is 12.4 Å². The molecule has 0 aliphatic heterocycles. The van der Waals surface area contributed by atoms with Crippen LogP contribution in [-0.4, -0.2) is 17.7 Å². The summed E-state index contributed by atoms with van der Waals surface area (Å²) < 4.78 is 7.20. The summed E-state index contributed by atoms with van der Waals surface area (Å²) in [7, 11) is 0. The maximum Gasteiger partial charge on any atom is 0.328 e. The monoisotopic (exact) mass is 374 g/mol. The third kappa shape index (κ3) is 4.66. The summed E-state index contributed by atoms with van der Waals surface area (Å²) in [4.78, 5) is 10.6. The average Bonchev–Trinajstić information content (AvgIpc) is 2.24. The Morgan fingerprint density at radius 1 is 1.56 bits per heavy atom. The van der Waals surface area contributed by atoms with Crippen LogP contribution in [0.15, 0.2) is 33.7 Å². The molecule has 1 aromatic carbocycles. The lowest BCUT2D eigenvalue weighted by molar-refractivity contribution is -0.131. The van der Waals surface area contributed by atoms with Crippen molar-refractivity contribution in [3.05, 3.63) is 44.9 Å². The summed E-state index contributed by atoms with van der Waals surface area (Å²) in [5.41, 5.74) is 1.63. The highest BCUT2D eigenvalue weighted by Crippen LogP contribution is 2.29. The van der Waals surface area contributed by atoms with Crippen LogP contribution in [0.5, 0.6) is 5.75 Å². The number of hydrogen-bond acceptors (Lipinski definition) is 2. The summed E-state index contributed by atoms with van der Waals surface area (Å²) in [5, 5.41) is 8.66. The second-order valence-electron chi connectivity index (χ2n) is 3.62. The fourth-order valence-electron chi connectivity index (χ4n) is 1.39. The van der Waals surface area contributed by atoms with E-state index in [4.69, 9.17) is 9.84 Å². The van der Waals surface area contributed by atoms with Crippen molar-refractivity contribution in [2.24, 2.45) is 0 Å². The first kappa shape index (κ1) is 15.0. The molecular formula is C13H12Br2O3. The van der Waals surface area contributed by atoms with Gasteiger partial charge in [0.15, 0.2) is 0 Å². The van der Waals surface area contributed by atoms with Crippen LogP contribution in [0.4, 0.5) is 0 Å². The van der Waals surface area contributed by atoms with Crippen LogP contribution in [-0.2, 0) is 4.79 Å². The highest BCUT2D eigenvalue weighted by Gasteiger charge is 2.07. The largest absolute Gasteiger partial charge is 0.487 e. The maximum absolute atomic E-state index is 10.6. The lowest BCUT2D eigenvalue weighted by Gasteiger charge is -2.12. The van der Waals surface area contributed by atoms with E-state index in [1.165, 1.54) is 6.08 Å². The molecule has 0 bridgehead atoms. The number of ether oxygens (including phenoxy) is 1. The van der Waals surface area contributed by atoms with E-state index in [1.807, 2.05) is 13.0 Å². The van der Waals surface area contributed by atoms with Gasteiger partial charge in [-0.1, -0.05) is 38.4 Å². The molecule has 0 unspecified atom stereocenters. The van der Waals surface area contributed by atoms with E-state index in [2.05, 4.69) is 38.4 Å². The molecule has 1 rings (SSSR count). The van der Waals surface area contributed by atoms with Gasteiger partial charge in [0.2, 0.25) is 0 Å². The van der Waals surface area contributed by atoms with Gasteiger partial charge >= 0.3 is 5.97 Å². The lowest BCUT2D eigenvalue weighted by Crippen LogP contribution is -2.00. The minimum absolute atomic E-state index is 0.330. The molecule has 0 amide bonds. The molecule has 0 aliphatic rings. The van der Waals surface area contributed by atoms with Crippen molar-refractivity contribution in [2.75, 3.05) is 6.61 Å². The van der Waals surface area contributed by atoms with Gasteiger partial charge in [-0.15, -0.1) is 0 Å². The van der Waals surface area contributed by atoms with E-state index < -0.39 is 5.97 Å². The Balaban J connectivity index is 3.12. The normalized spacial score (nSPS) is 10.6. The van der Waals surface area contributed by atoms with Crippen molar-refractivity contribution < 1.29 is 14.6 Å². The predicted molar refractivity (Wildman–Crippen MR) is 79.1 cm³/mol. The molecule has 96 valence electrons. The highest BCUT2D eigenvalue weighted by atomic mass is 79.9. The third-order valence-electron chi connectivity index (χ3n) is 2.05. The van der Waals surface area contributed by atoms with E-state index >= 15 is 0 Å². The second-order valence-corrected chi connectivity index (χ2v) is 5.66. The minimum Gasteiger partial charge on any atom is -0.487 e. The Bertz CT molecular complexity index is 507. The van der Waals surface area contributed by atoms with Crippen LogP contribution < -0.4 is 4.74 Å². The molecule has 0 atom stereocenters. The molecule has 18 heavy (non-hydrogen) atoms. The minimum atomic E-state index is -0.997. The Kier molecular flexibility index (Phi) is 5.62. The molecule has 0 aliphatic carbocycles. The number of carboxylic acids is 1. The molecule has 0 saturated carbocycles. The number of carbonyl (C=O) groups is 1. The summed E-state index contributed by atoms with van der Waals surface area (Å²) >= 11 is 6.59. The van der Waals surface area contributed by atoms with Crippen LogP contribution >= 0.6 is 31.9 Å². The van der Waals surface area contributed by atoms with Gasteiger partial charge in [-0.05, 0) is 30.7 Å². The molecule has 3 nitrogen and oxygen atoms in total. The number of hydrogen-bond donors (Lipinski definition) is 1. The molecule has 1 aromatic rings. The summed E-state index contributed by atoms with van der Waals surface area (Å²) in [6, 6.07) is 3.71. The van der Waals surface area contributed by atoms with E-state index in [0.29, 0.717) is 17.9 Å². The Hall–Kier alpha value is -1.07. The SMILES string of the molecule is C=C(Br)COc1c(C)cc(Br)cc1/C=C/C(=O)O. The zero-order chi connectivity index (χ0) is 13.7. The summed E-state index contributed by atoms with van der Waals surface area (Å²) in [5.74, 6) is -0.347. The smallest absolute Gasteiger partial charge is 0.328 e. The van der Waals surface area contributed by atoms with Gasteiger partial charge in [0.05, 0.1) is 0 Å². The van der Waals surface area contributed by atoms with Crippen LogP contribution in [0.1, 0.15) is 11.1 Å². The number of halogens is 2. The summed E-state index contributed by atoms with van der Waals surface area (Å²) in [6.07, 6.45) is 2.59. The van der Waals surface area contributed by atoms with Crippen LogP contribution in [0, 0.1) is 6.92 Å². The van der Waals surface area contributed by atoms with E-state index in [-0.39, 0.29) is 0 Å². The Morgan fingerprint density at radius 2 is 2.22 bits per heavy atom. The number of rotatable bonds is 5. The van der Waals surface area contributed by atoms with Gasteiger partial charge in [-0.3, -0.25) is 0 Å². The van der Waals surface area contributed by atoms with Gasteiger partial charge in [0.25, 0.3) is 0 Å². The molecule has 0 radical (unpaired) electrons. The van der Waals surface area contributed by atoms with Crippen molar-refractivity contribution in [3.63, 3.8) is 0 Å². The van der Waals surface area contributed by atoms with Crippen molar-refractivity contribution in [2.45, 2.75) is 6.92 Å². The van der Waals surface area contributed by atoms with Gasteiger partial charge in [-0.25, -0.2) is 4.79 Å². The average molecular weight is 376 g/mol. The Morgan fingerprint density at radius 3 is 2.78 bits per heavy atom. The van der Waals surface area contributed by atoms with Crippen molar-refractivity contribution in [3.8, 4) is 5.75 Å². The van der Waals surface area contributed by atoms with Gasteiger partial charge in [0, 0.05) is 20.6 Å². The number of carboxylic acid groups (broad SMARTS) is 1. The fourth-order valence-corrected chi connectivity index (χ4v) is 2.09. The first-order chi connectivity index (χ1) is 8.40. The number of aryl methyl sites for hydroxylation is 1. The van der Waals surface area contributed by atoms with Crippen LogP contribution in [0.3, 0.4) is 0 Å². The van der Waals surface area contributed by atoms with Crippen LogP contribution in [0.25, 0.3) is 6.08 Å². The zero-order valence-corrected chi connectivity index (χ0v) is 12.9. The zero-order valence-electron chi connectivity index (χ0n) is 9.74. The first-order valence-corrected chi connectivity index (χ1v) is 6.66. The molecule has 0 saturated heterocycles. The number of benzene rings is 1. The van der Waals surface area contributed by atoms with Crippen molar-refractivity contribution in [1.82, 2.24) is 0 Å². The topological polar surface area (TPSA) is 46.5 Å². The van der Waals surface area contributed by atoms with Crippen molar-refractivity contribution in [1.29, 1.82) is 0 Å². The molecule has 1 N–H and O–H groups in total. The summed E-state index contributed by atoms with van der Waals surface area (Å²) in [6.45, 7) is 5.92. The molecule has 0 aromatic heterocycles. The second kappa shape index (κ2) is 6.75. The van der Waals surface area contributed by atoms with E-state index in [0.717, 1.165) is 20.6 Å². The first-order valence-electron chi connectivity index (χ1n) is 5.07. The molecular weight excluding hydrogens is 364 g/mol. The fraction of sp³-hybridized carbons (Fsp3) is 0.154. The van der Waals surface area contributed by atoms with Crippen LogP contribution in [0.2, 0.25) is 0 Å². The Labute approximate surface area is 122 Å². The molecule has 5 heteroatoms. The highest BCUT2D eigenvalue weighted by molar-refractivity contribution is 9.11. The maximum atomic E-state index is 10.6. The third-order valence-corrected chi connectivity index (χ3v) is 2.73. The van der Waals surface area contributed by atoms with Gasteiger partial charge in [-0.2, -0.15) is 0 Å². The van der Waals surface area contributed by atoms with E-state index in [9.17, 15) is 4.79 Å². The van der Waals surface area contributed by atoms with E-state index in [1.54, 1.807) is 6.07 Å². The number of aliphatic carboxylic acids is 1. The van der Waals surface area contributed by atoms with Crippen molar-refractivity contribution >= 4 is 43.9 Å². The lowest BCUT2D eigenvalue weighted by atomic mass is 10.1. The molecule has 0 spiro atoms. The standard InChI is InChI=1S/C13H12Br2O3/c1-8-5-11(15)6-10(3-4-12(16)17)13(8)18-7-9(2)14/h3-6H,2,7H2,1H3,(H,16,17)/b4-3+. The predicted octanol–water partition coefficient (Wildman–Crippen LogP) is 4.14. The molecule has 0 heterocycles. The van der Waals surface area contributed by atoms with Gasteiger partial charge < -0.3 is 9.84 Å².